The molecule has 84 valence electrons. The van der Waals surface area contributed by atoms with E-state index in [9.17, 15) is 4.79 Å². The van der Waals surface area contributed by atoms with Crippen molar-refractivity contribution in [1.82, 2.24) is 4.98 Å². The minimum atomic E-state index is 0.0971. The molecule has 1 aromatic rings. The SMILES string of the molecule is O=C(C1CCSC1)C1CCc2cccnc21. The van der Waals surface area contributed by atoms with Crippen molar-refractivity contribution in [3.63, 3.8) is 0 Å². The van der Waals surface area contributed by atoms with Gasteiger partial charge in [0.15, 0.2) is 0 Å². The van der Waals surface area contributed by atoms with Crippen molar-refractivity contribution < 1.29 is 4.79 Å². The highest BCUT2D eigenvalue weighted by atomic mass is 32.2. The topological polar surface area (TPSA) is 30.0 Å². The van der Waals surface area contributed by atoms with Gasteiger partial charge in [0.25, 0.3) is 0 Å². The van der Waals surface area contributed by atoms with Gasteiger partial charge in [0.05, 0.1) is 11.6 Å². The molecule has 0 radical (unpaired) electrons. The van der Waals surface area contributed by atoms with Crippen LogP contribution in [-0.4, -0.2) is 22.3 Å². The summed E-state index contributed by atoms with van der Waals surface area (Å²) in [4.78, 5) is 16.8. The molecule has 0 spiro atoms. The lowest BCUT2D eigenvalue weighted by atomic mass is 9.90. The first-order valence-electron chi connectivity index (χ1n) is 5.91. The number of fused-ring (bicyclic) bond motifs is 1. The van der Waals surface area contributed by atoms with Crippen molar-refractivity contribution in [2.24, 2.45) is 5.92 Å². The number of hydrogen-bond acceptors (Lipinski definition) is 3. The lowest BCUT2D eigenvalue weighted by molar-refractivity contribution is -0.123. The molecule has 2 nitrogen and oxygen atoms in total. The minimum Gasteiger partial charge on any atom is -0.299 e. The number of hydrogen-bond donors (Lipinski definition) is 0. The molecule has 2 atom stereocenters. The Bertz CT molecular complexity index is 412. The predicted octanol–water partition coefficient (Wildman–Crippen LogP) is 2.43. The van der Waals surface area contributed by atoms with Crippen molar-refractivity contribution >= 4 is 17.5 Å². The number of carbonyl (C=O) groups excluding carboxylic acids is 1. The van der Waals surface area contributed by atoms with Crippen LogP contribution in [0.15, 0.2) is 18.3 Å². The fourth-order valence-electron chi connectivity index (χ4n) is 2.73. The fourth-order valence-corrected chi connectivity index (χ4v) is 3.97. The number of rotatable bonds is 2. The van der Waals surface area contributed by atoms with Crippen LogP contribution in [0.3, 0.4) is 0 Å². The van der Waals surface area contributed by atoms with Gasteiger partial charge in [-0.2, -0.15) is 11.8 Å². The number of carbonyl (C=O) groups is 1. The van der Waals surface area contributed by atoms with Gasteiger partial charge in [-0.15, -0.1) is 0 Å². The number of Topliss-reactive ketones (excluding diaryl/α,β-unsaturated/α-hetero) is 1. The Morgan fingerprint density at radius 1 is 1.44 bits per heavy atom. The zero-order valence-corrected chi connectivity index (χ0v) is 10.0. The molecule has 1 aromatic heterocycles. The number of aromatic nitrogens is 1. The van der Waals surface area contributed by atoms with Gasteiger partial charge in [0.1, 0.15) is 5.78 Å². The van der Waals surface area contributed by atoms with Crippen LogP contribution in [0, 0.1) is 5.92 Å². The van der Waals surface area contributed by atoms with E-state index in [0.717, 1.165) is 36.5 Å². The molecule has 16 heavy (non-hydrogen) atoms. The Balaban J connectivity index is 1.84. The predicted molar refractivity (Wildman–Crippen MR) is 65.7 cm³/mol. The van der Waals surface area contributed by atoms with Crippen LogP contribution >= 0.6 is 11.8 Å². The van der Waals surface area contributed by atoms with Crippen LogP contribution in [-0.2, 0) is 11.2 Å². The third-order valence-electron chi connectivity index (χ3n) is 3.63. The second-order valence-corrected chi connectivity index (χ2v) is 5.75. The average molecular weight is 233 g/mol. The second kappa shape index (κ2) is 4.21. The maximum absolute atomic E-state index is 12.4. The standard InChI is InChI=1S/C13H15NOS/c15-13(10-5-7-16-8-10)11-4-3-9-2-1-6-14-12(9)11/h1-2,6,10-11H,3-5,7-8H2. The van der Waals surface area contributed by atoms with Crippen LogP contribution in [0.4, 0.5) is 0 Å². The number of ketones is 1. The highest BCUT2D eigenvalue weighted by Crippen LogP contribution is 2.36. The number of thioether (sulfide) groups is 1. The van der Waals surface area contributed by atoms with E-state index in [2.05, 4.69) is 11.1 Å². The van der Waals surface area contributed by atoms with E-state index in [-0.39, 0.29) is 5.92 Å². The van der Waals surface area contributed by atoms with Crippen molar-refractivity contribution in [3.8, 4) is 0 Å². The molecule has 2 unspecified atom stereocenters. The summed E-state index contributed by atoms with van der Waals surface area (Å²) in [5.41, 5.74) is 2.34. The van der Waals surface area contributed by atoms with Crippen LogP contribution in [0.5, 0.6) is 0 Å². The number of nitrogens with zero attached hydrogens (tertiary/aromatic N) is 1. The molecule has 3 heteroatoms. The number of pyridine rings is 1. The monoisotopic (exact) mass is 233 g/mol. The third kappa shape index (κ3) is 1.67. The van der Waals surface area contributed by atoms with Gasteiger partial charge in [-0.3, -0.25) is 9.78 Å². The van der Waals surface area contributed by atoms with Crippen LogP contribution in [0.2, 0.25) is 0 Å². The Kier molecular flexibility index (Phi) is 2.72. The highest BCUT2D eigenvalue weighted by molar-refractivity contribution is 7.99. The lowest BCUT2D eigenvalue weighted by Crippen LogP contribution is -2.21. The van der Waals surface area contributed by atoms with Crippen LogP contribution in [0.25, 0.3) is 0 Å². The first-order chi connectivity index (χ1) is 7.86. The summed E-state index contributed by atoms with van der Waals surface area (Å²) < 4.78 is 0. The molecule has 0 amide bonds. The Hall–Kier alpha value is -0.830. The van der Waals surface area contributed by atoms with Crippen molar-refractivity contribution in [2.45, 2.75) is 25.2 Å². The molecule has 2 heterocycles. The van der Waals surface area contributed by atoms with E-state index >= 15 is 0 Å². The molecular formula is C13H15NOS. The summed E-state index contributed by atoms with van der Waals surface area (Å²) in [6, 6.07) is 4.08. The molecule has 1 aliphatic heterocycles. The second-order valence-electron chi connectivity index (χ2n) is 4.60. The van der Waals surface area contributed by atoms with E-state index in [0.29, 0.717) is 11.7 Å². The Morgan fingerprint density at radius 3 is 3.19 bits per heavy atom. The van der Waals surface area contributed by atoms with E-state index in [1.54, 1.807) is 0 Å². The maximum Gasteiger partial charge on any atom is 0.145 e. The third-order valence-corrected chi connectivity index (χ3v) is 4.80. The largest absolute Gasteiger partial charge is 0.299 e. The van der Waals surface area contributed by atoms with Gasteiger partial charge in [-0.25, -0.2) is 0 Å². The Morgan fingerprint density at radius 2 is 2.38 bits per heavy atom. The van der Waals surface area contributed by atoms with E-state index < -0.39 is 0 Å². The normalized spacial score (nSPS) is 28.0. The molecule has 0 saturated carbocycles. The minimum absolute atomic E-state index is 0.0971. The highest BCUT2D eigenvalue weighted by Gasteiger charge is 2.35. The lowest BCUT2D eigenvalue weighted by Gasteiger charge is -2.13. The van der Waals surface area contributed by atoms with Crippen molar-refractivity contribution in [3.05, 3.63) is 29.6 Å². The molecular weight excluding hydrogens is 218 g/mol. The summed E-state index contributed by atoms with van der Waals surface area (Å²) in [5, 5.41) is 0. The van der Waals surface area contributed by atoms with Crippen molar-refractivity contribution in [2.75, 3.05) is 11.5 Å². The maximum atomic E-state index is 12.4. The zero-order valence-electron chi connectivity index (χ0n) is 9.19. The fraction of sp³-hybridized carbons (Fsp3) is 0.538. The van der Waals surface area contributed by atoms with Gasteiger partial charge < -0.3 is 0 Å². The first-order valence-corrected chi connectivity index (χ1v) is 7.07. The molecule has 2 aliphatic rings. The van der Waals surface area contributed by atoms with Gasteiger partial charge in [-0.05, 0) is 36.6 Å². The van der Waals surface area contributed by atoms with E-state index in [1.165, 1.54) is 5.56 Å². The molecule has 0 aromatic carbocycles. The molecule has 0 bridgehead atoms. The van der Waals surface area contributed by atoms with Gasteiger partial charge in [0, 0.05) is 17.9 Å². The molecule has 1 aliphatic carbocycles. The Labute approximate surface area is 99.8 Å². The number of aryl methyl sites for hydroxylation is 1. The van der Waals surface area contributed by atoms with Crippen molar-refractivity contribution in [1.29, 1.82) is 0 Å². The average Bonchev–Trinajstić information content (AvgIpc) is 2.98. The molecule has 3 rings (SSSR count). The summed E-state index contributed by atoms with van der Waals surface area (Å²) in [5.74, 6) is 3.01. The zero-order chi connectivity index (χ0) is 11.0. The summed E-state index contributed by atoms with van der Waals surface area (Å²) >= 11 is 1.91. The molecule has 0 N–H and O–H groups in total. The van der Waals surface area contributed by atoms with Gasteiger partial charge >= 0.3 is 0 Å². The molecule has 1 saturated heterocycles. The summed E-state index contributed by atoms with van der Waals surface area (Å²) in [6.45, 7) is 0. The quantitative estimate of drug-likeness (QED) is 0.786. The van der Waals surface area contributed by atoms with Crippen LogP contribution < -0.4 is 0 Å². The smallest absolute Gasteiger partial charge is 0.145 e. The van der Waals surface area contributed by atoms with E-state index in [1.807, 2.05) is 24.0 Å². The van der Waals surface area contributed by atoms with Gasteiger partial charge in [-0.1, -0.05) is 6.07 Å². The molecule has 1 fully saturated rings. The van der Waals surface area contributed by atoms with Gasteiger partial charge in [0.2, 0.25) is 0 Å². The summed E-state index contributed by atoms with van der Waals surface area (Å²) in [7, 11) is 0. The van der Waals surface area contributed by atoms with Crippen LogP contribution in [0.1, 0.15) is 30.0 Å². The van der Waals surface area contributed by atoms with E-state index in [4.69, 9.17) is 0 Å². The summed E-state index contributed by atoms with van der Waals surface area (Å²) in [6.07, 6.45) is 4.89. The first kappa shape index (κ1) is 10.3.